The molecule has 31 heavy (non-hydrogen) atoms. The Morgan fingerprint density at radius 1 is 1.19 bits per heavy atom. The monoisotopic (exact) mass is 432 g/mol. The minimum Gasteiger partial charge on any atom is -0.399 e. The molecule has 2 aliphatic heterocycles. The molecular formula is C21H33BN4O5. The second-order valence-electron chi connectivity index (χ2n) is 9.82. The van der Waals surface area contributed by atoms with E-state index in [9.17, 15) is 9.90 Å². The number of aliphatic hydroxyl groups is 2. The fourth-order valence-corrected chi connectivity index (χ4v) is 4.21. The van der Waals surface area contributed by atoms with Crippen LogP contribution < -0.4 is 10.4 Å². The van der Waals surface area contributed by atoms with Gasteiger partial charge in [0.2, 0.25) is 5.95 Å². The van der Waals surface area contributed by atoms with Crippen molar-refractivity contribution < 1.29 is 24.3 Å². The van der Waals surface area contributed by atoms with Crippen LogP contribution in [0.4, 0.5) is 5.95 Å². The fraction of sp³-hybridized carbons (Fsp3) is 0.762. The third-order valence-electron chi connectivity index (χ3n) is 6.91. The largest absolute Gasteiger partial charge is 0.498 e. The van der Waals surface area contributed by atoms with Crippen LogP contribution in [0.2, 0.25) is 0 Å². The number of likely N-dealkylation sites (tertiary alicyclic amines) is 1. The van der Waals surface area contributed by atoms with Crippen LogP contribution in [0.1, 0.15) is 53.4 Å². The molecule has 2 saturated heterocycles. The summed E-state index contributed by atoms with van der Waals surface area (Å²) in [4.78, 5) is 25.5. The first-order valence-electron chi connectivity index (χ1n) is 11.2. The first kappa shape index (κ1) is 22.4. The first-order chi connectivity index (χ1) is 14.6. The molecular weight excluding hydrogens is 399 g/mol. The number of carbonyl (C=O) groups excluding carboxylic acids is 1. The highest BCUT2D eigenvalue weighted by atomic mass is 16.7. The van der Waals surface area contributed by atoms with Gasteiger partial charge in [-0.05, 0) is 53.4 Å². The smallest absolute Gasteiger partial charge is 0.399 e. The van der Waals surface area contributed by atoms with E-state index in [1.54, 1.807) is 17.3 Å². The van der Waals surface area contributed by atoms with Crippen molar-refractivity contribution in [2.45, 2.75) is 82.8 Å². The molecule has 4 rings (SSSR count). The predicted molar refractivity (Wildman–Crippen MR) is 116 cm³/mol. The molecule has 9 nitrogen and oxygen atoms in total. The molecule has 3 fully saturated rings. The van der Waals surface area contributed by atoms with Gasteiger partial charge in [0.25, 0.3) is 5.91 Å². The molecule has 1 aromatic rings. The molecule has 1 saturated carbocycles. The molecule has 3 aliphatic rings. The number of hydrogen-bond donors (Lipinski definition) is 2. The molecule has 3 heterocycles. The van der Waals surface area contributed by atoms with Crippen LogP contribution in [-0.4, -0.2) is 87.2 Å². The van der Waals surface area contributed by atoms with Gasteiger partial charge in [0.15, 0.2) is 6.10 Å². The van der Waals surface area contributed by atoms with Crippen molar-refractivity contribution in [3.05, 3.63) is 12.4 Å². The minimum atomic E-state index is -1.36. The van der Waals surface area contributed by atoms with E-state index in [1.165, 1.54) is 0 Å². The van der Waals surface area contributed by atoms with Crippen LogP contribution in [0, 0.1) is 0 Å². The maximum atomic E-state index is 12.4. The second kappa shape index (κ2) is 8.31. The van der Waals surface area contributed by atoms with Crippen molar-refractivity contribution in [2.75, 3.05) is 24.6 Å². The van der Waals surface area contributed by atoms with Gasteiger partial charge in [-0.1, -0.05) is 0 Å². The molecule has 0 radical (unpaired) electrons. The van der Waals surface area contributed by atoms with Crippen LogP contribution in [-0.2, 0) is 14.1 Å². The normalized spacial score (nSPS) is 26.1. The van der Waals surface area contributed by atoms with Crippen molar-refractivity contribution in [1.82, 2.24) is 14.9 Å². The lowest BCUT2D eigenvalue weighted by molar-refractivity contribution is -0.143. The van der Waals surface area contributed by atoms with Crippen LogP contribution >= 0.6 is 0 Å². The van der Waals surface area contributed by atoms with Gasteiger partial charge < -0.3 is 29.3 Å². The zero-order chi connectivity index (χ0) is 22.4. The highest BCUT2D eigenvalue weighted by molar-refractivity contribution is 6.61. The lowest BCUT2D eigenvalue weighted by Gasteiger charge is -2.40. The summed E-state index contributed by atoms with van der Waals surface area (Å²) in [6, 6.07) is 0.448. The maximum absolute atomic E-state index is 12.4. The van der Waals surface area contributed by atoms with Crippen molar-refractivity contribution in [3.63, 3.8) is 0 Å². The van der Waals surface area contributed by atoms with Crippen molar-refractivity contribution in [2.24, 2.45) is 0 Å². The summed E-state index contributed by atoms with van der Waals surface area (Å²) in [5.74, 6) is 0.227. The summed E-state index contributed by atoms with van der Waals surface area (Å²) in [5.41, 5.74) is -0.0639. The van der Waals surface area contributed by atoms with E-state index in [2.05, 4.69) is 14.9 Å². The lowest BCUT2D eigenvalue weighted by atomic mass is 9.81. The van der Waals surface area contributed by atoms with Crippen LogP contribution in [0.25, 0.3) is 0 Å². The molecule has 1 aliphatic carbocycles. The standard InChI is InChI=1S/C21H33BN4O5/c1-20(2)21(3,4)31-22(30-20)14-10-23-19(24-11-14)26(15-7-8-15)16-6-5-9-25(12-16)18(29)17(28)13-27/h10-11,15-17,27-28H,5-9,12-13H2,1-4H3. The number of piperidine rings is 1. The Morgan fingerprint density at radius 2 is 1.81 bits per heavy atom. The number of carbonyl (C=O) groups is 1. The molecule has 2 unspecified atom stereocenters. The van der Waals surface area contributed by atoms with E-state index in [0.29, 0.717) is 25.1 Å². The average molecular weight is 432 g/mol. The molecule has 10 heteroatoms. The Labute approximate surface area is 183 Å². The Morgan fingerprint density at radius 3 is 2.35 bits per heavy atom. The van der Waals surface area contributed by atoms with Gasteiger partial charge in [-0.3, -0.25) is 4.79 Å². The van der Waals surface area contributed by atoms with Gasteiger partial charge >= 0.3 is 7.12 Å². The van der Waals surface area contributed by atoms with Gasteiger partial charge in [0, 0.05) is 43.0 Å². The van der Waals surface area contributed by atoms with E-state index in [-0.39, 0.29) is 6.04 Å². The second-order valence-corrected chi connectivity index (χ2v) is 9.82. The maximum Gasteiger partial charge on any atom is 0.498 e. The summed E-state index contributed by atoms with van der Waals surface area (Å²) in [5, 5.41) is 18.9. The van der Waals surface area contributed by atoms with Gasteiger partial charge in [0.1, 0.15) is 0 Å². The molecule has 0 aromatic carbocycles. The van der Waals surface area contributed by atoms with E-state index in [0.717, 1.165) is 31.1 Å². The third-order valence-corrected chi connectivity index (χ3v) is 6.91. The summed E-state index contributed by atoms with van der Waals surface area (Å²) >= 11 is 0. The summed E-state index contributed by atoms with van der Waals surface area (Å²) in [6.45, 7) is 8.58. The summed E-state index contributed by atoms with van der Waals surface area (Å²) < 4.78 is 12.2. The van der Waals surface area contributed by atoms with E-state index >= 15 is 0 Å². The van der Waals surface area contributed by atoms with Crippen LogP contribution in [0.5, 0.6) is 0 Å². The van der Waals surface area contributed by atoms with Crippen LogP contribution in [0.15, 0.2) is 12.4 Å². The molecule has 170 valence electrons. The number of aromatic nitrogens is 2. The van der Waals surface area contributed by atoms with Crippen molar-refractivity contribution >= 4 is 24.4 Å². The van der Waals surface area contributed by atoms with E-state index < -0.39 is 36.9 Å². The summed E-state index contributed by atoms with van der Waals surface area (Å²) in [6.07, 6.45) is 6.09. The first-order valence-corrected chi connectivity index (χ1v) is 11.2. The molecule has 0 bridgehead atoms. The van der Waals surface area contributed by atoms with Gasteiger partial charge in [-0.15, -0.1) is 0 Å². The van der Waals surface area contributed by atoms with Gasteiger partial charge in [0.05, 0.1) is 17.8 Å². The number of amides is 1. The molecule has 2 N–H and O–H groups in total. The molecule has 0 spiro atoms. The number of rotatable bonds is 6. The Balaban J connectivity index is 1.49. The number of aliphatic hydroxyl groups excluding tert-OH is 2. The lowest BCUT2D eigenvalue weighted by Crippen LogP contribution is -2.53. The number of nitrogens with zero attached hydrogens (tertiary/aromatic N) is 4. The highest BCUT2D eigenvalue weighted by Gasteiger charge is 2.52. The Hall–Kier alpha value is -1.75. The summed E-state index contributed by atoms with van der Waals surface area (Å²) in [7, 11) is -0.504. The number of hydrogen-bond acceptors (Lipinski definition) is 8. The minimum absolute atomic E-state index is 0.0822. The van der Waals surface area contributed by atoms with E-state index in [1.807, 2.05) is 27.7 Å². The van der Waals surface area contributed by atoms with Gasteiger partial charge in [-0.25, -0.2) is 9.97 Å². The quantitative estimate of drug-likeness (QED) is 0.609. The third kappa shape index (κ3) is 4.44. The zero-order valence-electron chi connectivity index (χ0n) is 18.8. The topological polar surface area (TPSA) is 108 Å². The predicted octanol–water partition coefficient (Wildman–Crippen LogP) is 0.0888. The van der Waals surface area contributed by atoms with Gasteiger partial charge in [-0.2, -0.15) is 0 Å². The Kier molecular flexibility index (Phi) is 6.02. The number of anilines is 1. The molecule has 1 amide bonds. The highest BCUT2D eigenvalue weighted by Crippen LogP contribution is 2.37. The van der Waals surface area contributed by atoms with Crippen LogP contribution in [0.3, 0.4) is 0 Å². The Bertz CT molecular complexity index is 785. The fourth-order valence-electron chi connectivity index (χ4n) is 4.21. The average Bonchev–Trinajstić information content (AvgIpc) is 3.54. The molecule has 2 atom stereocenters. The van der Waals surface area contributed by atoms with Crippen molar-refractivity contribution in [1.29, 1.82) is 0 Å². The SMILES string of the molecule is CC1(C)OB(c2cnc(N(C3CC3)C3CCCN(C(=O)C(O)CO)C3)nc2)OC1(C)C. The zero-order valence-corrected chi connectivity index (χ0v) is 18.8. The van der Waals surface area contributed by atoms with Crippen molar-refractivity contribution in [3.8, 4) is 0 Å². The molecule has 1 aromatic heterocycles. The van der Waals surface area contributed by atoms with E-state index in [4.69, 9.17) is 14.4 Å².